The highest BCUT2D eigenvalue weighted by Gasteiger charge is 2.43. The fourth-order valence-electron chi connectivity index (χ4n) is 1.95. The summed E-state index contributed by atoms with van der Waals surface area (Å²) in [5, 5.41) is 19.8. The Bertz CT molecular complexity index is 439. The quantitative estimate of drug-likeness (QED) is 0.843. The maximum atomic E-state index is 11.4. The van der Waals surface area contributed by atoms with Crippen molar-refractivity contribution in [1.29, 1.82) is 0 Å². The molecule has 4 heteroatoms. The molecule has 0 aromatic heterocycles. The molecule has 18 heavy (non-hydrogen) atoms. The lowest BCUT2D eigenvalue weighted by atomic mass is 9.82. The third-order valence-electron chi connectivity index (χ3n) is 3.24. The monoisotopic (exact) mass is 252 g/mol. The third-order valence-corrected chi connectivity index (χ3v) is 3.24. The fraction of sp³-hybridized carbons (Fsp3) is 0.500. The van der Waals surface area contributed by atoms with Crippen LogP contribution in [-0.4, -0.2) is 23.3 Å². The van der Waals surface area contributed by atoms with Gasteiger partial charge in [-0.15, -0.1) is 0 Å². The minimum Gasteiger partial charge on any atom is -0.496 e. The molecular formula is C14H20O4. The van der Waals surface area contributed by atoms with Gasteiger partial charge in [0.15, 0.2) is 5.60 Å². The van der Waals surface area contributed by atoms with Gasteiger partial charge >= 0.3 is 5.97 Å². The Kier molecular flexibility index (Phi) is 4.35. The van der Waals surface area contributed by atoms with E-state index in [9.17, 15) is 15.0 Å². The lowest BCUT2D eigenvalue weighted by Gasteiger charge is -2.29. The SMILES string of the molecule is CCc1ccc(OC)c(C(O)(C(=O)O)C(C)C)c1. The molecule has 0 saturated heterocycles. The molecule has 0 heterocycles. The van der Waals surface area contributed by atoms with Crippen molar-refractivity contribution in [1.82, 2.24) is 0 Å². The number of aliphatic hydroxyl groups is 1. The number of ether oxygens (including phenoxy) is 1. The molecule has 0 saturated carbocycles. The van der Waals surface area contributed by atoms with Crippen LogP contribution in [0.4, 0.5) is 0 Å². The highest BCUT2D eigenvalue weighted by Crippen LogP contribution is 2.36. The van der Waals surface area contributed by atoms with E-state index in [0.29, 0.717) is 11.3 Å². The first-order valence-electron chi connectivity index (χ1n) is 6.01. The van der Waals surface area contributed by atoms with Crippen LogP contribution in [0.1, 0.15) is 31.9 Å². The lowest BCUT2D eigenvalue weighted by molar-refractivity contribution is -0.165. The van der Waals surface area contributed by atoms with Crippen molar-refractivity contribution < 1.29 is 19.7 Å². The van der Waals surface area contributed by atoms with Gasteiger partial charge in [0.25, 0.3) is 0 Å². The average molecular weight is 252 g/mol. The highest BCUT2D eigenvalue weighted by molar-refractivity contribution is 5.80. The standard InChI is InChI=1S/C14H20O4/c1-5-10-6-7-12(18-4)11(8-10)14(17,9(2)3)13(15)16/h6-9,17H,5H2,1-4H3,(H,15,16). The molecule has 1 aromatic carbocycles. The second kappa shape index (κ2) is 5.40. The summed E-state index contributed by atoms with van der Waals surface area (Å²) in [5.41, 5.74) is -0.658. The average Bonchev–Trinajstić information content (AvgIpc) is 2.36. The number of hydrogen-bond acceptors (Lipinski definition) is 3. The van der Waals surface area contributed by atoms with Crippen LogP contribution in [0.15, 0.2) is 18.2 Å². The lowest BCUT2D eigenvalue weighted by Crippen LogP contribution is -2.41. The fourth-order valence-corrected chi connectivity index (χ4v) is 1.95. The zero-order chi connectivity index (χ0) is 13.9. The van der Waals surface area contributed by atoms with E-state index in [0.717, 1.165) is 12.0 Å². The van der Waals surface area contributed by atoms with Crippen LogP contribution in [-0.2, 0) is 16.8 Å². The largest absolute Gasteiger partial charge is 0.496 e. The van der Waals surface area contributed by atoms with Gasteiger partial charge in [-0.2, -0.15) is 0 Å². The van der Waals surface area contributed by atoms with Crippen LogP contribution in [0.25, 0.3) is 0 Å². The molecule has 0 spiro atoms. The van der Waals surface area contributed by atoms with Gasteiger partial charge in [-0.05, 0) is 30.0 Å². The summed E-state index contributed by atoms with van der Waals surface area (Å²) in [7, 11) is 1.47. The number of carboxylic acids is 1. The Balaban J connectivity index is 3.48. The van der Waals surface area contributed by atoms with Gasteiger partial charge < -0.3 is 14.9 Å². The summed E-state index contributed by atoms with van der Waals surface area (Å²) >= 11 is 0. The predicted octanol–water partition coefficient (Wildman–Crippen LogP) is 2.19. The number of aliphatic carboxylic acids is 1. The molecule has 1 rings (SSSR count). The molecule has 0 aliphatic rings. The molecule has 1 unspecified atom stereocenters. The smallest absolute Gasteiger partial charge is 0.340 e. The minimum atomic E-state index is -1.93. The van der Waals surface area contributed by atoms with E-state index in [-0.39, 0.29) is 0 Å². The van der Waals surface area contributed by atoms with E-state index in [1.165, 1.54) is 7.11 Å². The first kappa shape index (κ1) is 14.5. The van der Waals surface area contributed by atoms with Crippen molar-refractivity contribution in [2.24, 2.45) is 5.92 Å². The minimum absolute atomic E-state index is 0.312. The van der Waals surface area contributed by atoms with Gasteiger partial charge in [-0.3, -0.25) is 0 Å². The topological polar surface area (TPSA) is 66.8 Å². The van der Waals surface area contributed by atoms with E-state index < -0.39 is 17.5 Å². The summed E-state index contributed by atoms with van der Waals surface area (Å²) in [6.45, 7) is 5.32. The van der Waals surface area contributed by atoms with Gasteiger partial charge in [0.05, 0.1) is 7.11 Å². The van der Waals surface area contributed by atoms with E-state index in [1.807, 2.05) is 13.0 Å². The van der Waals surface area contributed by atoms with Gasteiger partial charge in [0, 0.05) is 5.56 Å². The van der Waals surface area contributed by atoms with Gasteiger partial charge in [-0.25, -0.2) is 4.79 Å². The summed E-state index contributed by atoms with van der Waals surface area (Å²) < 4.78 is 5.17. The molecule has 0 aliphatic heterocycles. The number of methoxy groups -OCH3 is 1. The van der Waals surface area contributed by atoms with Crippen LogP contribution >= 0.6 is 0 Å². The number of carboxylic acid groups (broad SMARTS) is 1. The Labute approximate surface area is 107 Å². The van der Waals surface area contributed by atoms with Crippen LogP contribution in [0.5, 0.6) is 5.75 Å². The molecule has 4 nitrogen and oxygen atoms in total. The van der Waals surface area contributed by atoms with Crippen molar-refractivity contribution in [2.45, 2.75) is 32.8 Å². The van der Waals surface area contributed by atoms with Crippen molar-refractivity contribution >= 4 is 5.97 Å². The molecule has 0 aliphatic carbocycles. The van der Waals surface area contributed by atoms with E-state index in [1.54, 1.807) is 26.0 Å². The molecule has 0 fully saturated rings. The van der Waals surface area contributed by atoms with Gasteiger partial charge in [-0.1, -0.05) is 26.8 Å². The molecule has 0 bridgehead atoms. The van der Waals surface area contributed by atoms with Crippen molar-refractivity contribution in [3.63, 3.8) is 0 Å². The number of aryl methyl sites for hydroxylation is 1. The van der Waals surface area contributed by atoms with E-state index >= 15 is 0 Å². The molecule has 1 aromatic rings. The van der Waals surface area contributed by atoms with E-state index in [2.05, 4.69) is 0 Å². The summed E-state index contributed by atoms with van der Waals surface area (Å²) in [6, 6.07) is 5.27. The third kappa shape index (κ3) is 2.34. The zero-order valence-electron chi connectivity index (χ0n) is 11.2. The maximum Gasteiger partial charge on any atom is 0.340 e. The molecule has 2 N–H and O–H groups in total. The zero-order valence-corrected chi connectivity index (χ0v) is 11.2. The number of hydrogen-bond donors (Lipinski definition) is 2. The molecule has 1 atom stereocenters. The Hall–Kier alpha value is -1.55. The Morgan fingerprint density at radius 3 is 2.44 bits per heavy atom. The molecule has 0 amide bonds. The second-order valence-corrected chi connectivity index (χ2v) is 4.61. The summed E-state index contributed by atoms with van der Waals surface area (Å²) in [6.07, 6.45) is 0.769. The predicted molar refractivity (Wildman–Crippen MR) is 68.7 cm³/mol. The van der Waals surface area contributed by atoms with Gasteiger partial charge in [0.1, 0.15) is 5.75 Å². The number of carbonyl (C=O) groups is 1. The van der Waals surface area contributed by atoms with E-state index in [4.69, 9.17) is 4.74 Å². The van der Waals surface area contributed by atoms with Crippen LogP contribution in [0, 0.1) is 5.92 Å². The highest BCUT2D eigenvalue weighted by atomic mass is 16.5. The van der Waals surface area contributed by atoms with Crippen LogP contribution < -0.4 is 4.74 Å². The van der Waals surface area contributed by atoms with Gasteiger partial charge in [0.2, 0.25) is 0 Å². The Morgan fingerprint density at radius 2 is 2.06 bits per heavy atom. The maximum absolute atomic E-state index is 11.4. The van der Waals surface area contributed by atoms with Crippen molar-refractivity contribution in [2.75, 3.05) is 7.11 Å². The normalized spacial score (nSPS) is 14.3. The molecule has 100 valence electrons. The number of benzene rings is 1. The molecule has 0 radical (unpaired) electrons. The van der Waals surface area contributed by atoms with Crippen molar-refractivity contribution in [3.05, 3.63) is 29.3 Å². The van der Waals surface area contributed by atoms with Crippen LogP contribution in [0.2, 0.25) is 0 Å². The molecular weight excluding hydrogens is 232 g/mol. The summed E-state index contributed by atoms with van der Waals surface area (Å²) in [4.78, 5) is 11.4. The summed E-state index contributed by atoms with van der Waals surface area (Å²) in [5.74, 6) is -1.33. The first-order chi connectivity index (χ1) is 8.37. The number of rotatable bonds is 5. The Morgan fingerprint density at radius 1 is 1.44 bits per heavy atom. The first-order valence-corrected chi connectivity index (χ1v) is 6.01. The van der Waals surface area contributed by atoms with Crippen molar-refractivity contribution in [3.8, 4) is 5.75 Å². The van der Waals surface area contributed by atoms with Crippen LogP contribution in [0.3, 0.4) is 0 Å². The second-order valence-electron chi connectivity index (χ2n) is 4.61.